The normalized spacial score (nSPS) is 16.8. The maximum Gasteiger partial charge on any atom is 0.243 e. The molecule has 1 aromatic carbocycles. The van der Waals surface area contributed by atoms with Crippen LogP contribution in [0.3, 0.4) is 0 Å². The summed E-state index contributed by atoms with van der Waals surface area (Å²) < 4.78 is 0. The van der Waals surface area contributed by atoms with Crippen molar-refractivity contribution in [3.8, 4) is 0 Å². The highest BCUT2D eigenvalue weighted by Gasteiger charge is 2.20. The topological polar surface area (TPSA) is 41.5 Å². The van der Waals surface area contributed by atoms with E-state index in [0.717, 1.165) is 37.0 Å². The van der Waals surface area contributed by atoms with E-state index < -0.39 is 0 Å². The lowest BCUT2D eigenvalue weighted by Gasteiger charge is -2.19. The summed E-state index contributed by atoms with van der Waals surface area (Å²) >= 11 is 0. The van der Waals surface area contributed by atoms with Gasteiger partial charge in [0.25, 0.3) is 0 Å². The summed E-state index contributed by atoms with van der Waals surface area (Å²) in [6, 6.07) is 8.44. The van der Waals surface area contributed by atoms with Crippen LogP contribution in [-0.4, -0.2) is 11.6 Å². The van der Waals surface area contributed by atoms with Gasteiger partial charge in [-0.05, 0) is 37.3 Å². The highest BCUT2D eigenvalue weighted by Crippen LogP contribution is 2.23. The van der Waals surface area contributed by atoms with Crippen molar-refractivity contribution in [2.24, 2.45) is 11.0 Å². The molecule has 1 saturated carbocycles. The molecule has 1 aliphatic rings. The maximum absolute atomic E-state index is 12.1. The Hall–Kier alpha value is -1.64. The van der Waals surface area contributed by atoms with Gasteiger partial charge in [0.1, 0.15) is 0 Å². The van der Waals surface area contributed by atoms with E-state index in [0.29, 0.717) is 0 Å². The van der Waals surface area contributed by atoms with Crippen LogP contribution in [-0.2, 0) is 11.2 Å². The molecule has 0 aromatic heterocycles. The molecule has 0 atom stereocenters. The largest absolute Gasteiger partial charge is 0.273 e. The lowest BCUT2D eigenvalue weighted by molar-refractivity contribution is -0.125. The number of carbonyl (C=O) groups is 1. The van der Waals surface area contributed by atoms with Crippen LogP contribution in [0, 0.1) is 5.92 Å². The summed E-state index contributed by atoms with van der Waals surface area (Å²) in [4.78, 5) is 12.1. The second-order valence-electron chi connectivity index (χ2n) is 5.96. The molecule has 1 amide bonds. The summed E-state index contributed by atoms with van der Waals surface area (Å²) in [6.45, 7) is 4.12. The van der Waals surface area contributed by atoms with E-state index >= 15 is 0 Å². The molecule has 0 radical (unpaired) electrons. The smallest absolute Gasteiger partial charge is 0.243 e. The molecule has 0 unspecified atom stereocenters. The van der Waals surface area contributed by atoms with E-state index in [9.17, 15) is 4.79 Å². The number of nitrogens with one attached hydrogen (secondary N) is 1. The van der Waals surface area contributed by atoms with Gasteiger partial charge in [-0.1, -0.05) is 56.9 Å². The van der Waals surface area contributed by atoms with Crippen molar-refractivity contribution in [3.63, 3.8) is 0 Å². The van der Waals surface area contributed by atoms with Gasteiger partial charge in [0.15, 0.2) is 0 Å². The summed E-state index contributed by atoms with van der Waals surface area (Å²) in [5.74, 6) is 0.235. The first-order chi connectivity index (χ1) is 10.2. The van der Waals surface area contributed by atoms with E-state index in [2.05, 4.69) is 41.7 Å². The quantitative estimate of drug-likeness (QED) is 0.643. The SMILES string of the molecule is CCCc1ccc(/C(C)=N/NC(=O)C2CCCCC2)cc1. The summed E-state index contributed by atoms with van der Waals surface area (Å²) in [5, 5.41) is 4.26. The molecule has 1 aliphatic carbocycles. The molecule has 0 saturated heterocycles. The number of hydrogen-bond donors (Lipinski definition) is 1. The van der Waals surface area contributed by atoms with Crippen LogP contribution in [0.5, 0.6) is 0 Å². The van der Waals surface area contributed by atoms with Gasteiger partial charge in [0.05, 0.1) is 5.71 Å². The Morgan fingerprint density at radius 2 is 1.86 bits per heavy atom. The summed E-state index contributed by atoms with van der Waals surface area (Å²) in [7, 11) is 0. The van der Waals surface area contributed by atoms with E-state index in [1.165, 1.54) is 24.8 Å². The first-order valence-corrected chi connectivity index (χ1v) is 8.14. The molecule has 2 rings (SSSR count). The average Bonchev–Trinajstić information content (AvgIpc) is 2.54. The van der Waals surface area contributed by atoms with Crippen molar-refractivity contribution < 1.29 is 4.79 Å². The van der Waals surface area contributed by atoms with E-state index in [1.54, 1.807) is 0 Å². The number of benzene rings is 1. The molecule has 1 N–H and O–H groups in total. The van der Waals surface area contributed by atoms with E-state index in [4.69, 9.17) is 0 Å². The van der Waals surface area contributed by atoms with Crippen LogP contribution in [0.2, 0.25) is 0 Å². The minimum absolute atomic E-state index is 0.0802. The van der Waals surface area contributed by atoms with Crippen LogP contribution in [0.25, 0.3) is 0 Å². The second-order valence-corrected chi connectivity index (χ2v) is 5.96. The second kappa shape index (κ2) is 7.96. The number of hydrogen-bond acceptors (Lipinski definition) is 2. The van der Waals surface area contributed by atoms with Crippen molar-refractivity contribution in [1.82, 2.24) is 5.43 Å². The Bertz CT molecular complexity index is 484. The first-order valence-electron chi connectivity index (χ1n) is 8.14. The van der Waals surface area contributed by atoms with Crippen LogP contribution in [0.4, 0.5) is 0 Å². The van der Waals surface area contributed by atoms with Gasteiger partial charge in [0, 0.05) is 5.92 Å². The molecule has 21 heavy (non-hydrogen) atoms. The number of hydrazone groups is 1. The van der Waals surface area contributed by atoms with Crippen molar-refractivity contribution in [1.29, 1.82) is 0 Å². The molecule has 3 nitrogen and oxygen atoms in total. The fraction of sp³-hybridized carbons (Fsp3) is 0.556. The Kier molecular flexibility index (Phi) is 5.97. The van der Waals surface area contributed by atoms with Gasteiger partial charge in [-0.15, -0.1) is 0 Å². The molecule has 0 bridgehead atoms. The van der Waals surface area contributed by atoms with Crippen LogP contribution >= 0.6 is 0 Å². The number of rotatable bonds is 5. The molecule has 0 aliphatic heterocycles. The Morgan fingerprint density at radius 3 is 2.48 bits per heavy atom. The first kappa shape index (κ1) is 15.7. The number of aryl methyl sites for hydroxylation is 1. The van der Waals surface area contributed by atoms with Crippen molar-refractivity contribution in [2.75, 3.05) is 0 Å². The fourth-order valence-electron chi connectivity index (χ4n) is 2.86. The highest BCUT2D eigenvalue weighted by atomic mass is 16.2. The van der Waals surface area contributed by atoms with Gasteiger partial charge >= 0.3 is 0 Å². The number of amides is 1. The third kappa shape index (κ3) is 4.69. The van der Waals surface area contributed by atoms with Gasteiger partial charge < -0.3 is 0 Å². The van der Waals surface area contributed by atoms with Crippen molar-refractivity contribution in [2.45, 2.75) is 58.8 Å². The molecule has 0 heterocycles. The highest BCUT2D eigenvalue weighted by molar-refractivity contribution is 5.99. The minimum Gasteiger partial charge on any atom is -0.273 e. The fourth-order valence-corrected chi connectivity index (χ4v) is 2.86. The van der Waals surface area contributed by atoms with Crippen molar-refractivity contribution in [3.05, 3.63) is 35.4 Å². The third-order valence-corrected chi connectivity index (χ3v) is 4.22. The lowest BCUT2D eigenvalue weighted by atomic mass is 9.89. The minimum atomic E-state index is 0.0802. The predicted molar refractivity (Wildman–Crippen MR) is 87.4 cm³/mol. The van der Waals surface area contributed by atoms with Crippen LogP contribution in [0.15, 0.2) is 29.4 Å². The van der Waals surface area contributed by atoms with Crippen molar-refractivity contribution >= 4 is 11.6 Å². The van der Waals surface area contributed by atoms with Gasteiger partial charge in [0.2, 0.25) is 5.91 Å². The molecule has 3 heteroatoms. The monoisotopic (exact) mass is 286 g/mol. The Morgan fingerprint density at radius 1 is 1.19 bits per heavy atom. The average molecular weight is 286 g/mol. The lowest BCUT2D eigenvalue weighted by Crippen LogP contribution is -2.29. The van der Waals surface area contributed by atoms with Gasteiger partial charge in [-0.25, -0.2) is 5.43 Å². The standard InChI is InChI=1S/C18H26N2O/c1-3-7-15-10-12-16(13-11-15)14(2)19-20-18(21)17-8-5-4-6-9-17/h10-13,17H,3-9H2,1-2H3,(H,20,21)/b19-14+. The van der Waals surface area contributed by atoms with Gasteiger partial charge in [-0.3, -0.25) is 4.79 Å². The molecule has 1 aromatic rings. The van der Waals surface area contributed by atoms with Gasteiger partial charge in [-0.2, -0.15) is 5.10 Å². The van der Waals surface area contributed by atoms with Crippen LogP contribution < -0.4 is 5.43 Å². The molecule has 114 valence electrons. The number of carbonyl (C=O) groups excluding carboxylic acids is 1. The molecule has 1 fully saturated rings. The maximum atomic E-state index is 12.1. The Labute approximate surface area is 127 Å². The third-order valence-electron chi connectivity index (χ3n) is 4.22. The molecule has 0 spiro atoms. The number of nitrogens with zero attached hydrogens (tertiary/aromatic N) is 1. The van der Waals surface area contributed by atoms with Crippen LogP contribution in [0.1, 0.15) is 63.5 Å². The molecular weight excluding hydrogens is 260 g/mol. The predicted octanol–water partition coefficient (Wildman–Crippen LogP) is 4.06. The zero-order valence-electron chi connectivity index (χ0n) is 13.2. The summed E-state index contributed by atoms with van der Waals surface area (Å²) in [6.07, 6.45) is 7.87. The molecular formula is C18H26N2O. The summed E-state index contributed by atoms with van der Waals surface area (Å²) in [5.41, 5.74) is 6.02. The zero-order valence-corrected chi connectivity index (χ0v) is 13.2. The van der Waals surface area contributed by atoms with E-state index in [-0.39, 0.29) is 11.8 Å². The Balaban J connectivity index is 1.91. The zero-order chi connectivity index (χ0) is 15.1. The van der Waals surface area contributed by atoms with E-state index in [1.807, 2.05) is 6.92 Å².